The van der Waals surface area contributed by atoms with Gasteiger partial charge in [0.25, 0.3) is 0 Å². The lowest BCUT2D eigenvalue weighted by molar-refractivity contribution is 1.11. The SMILES string of the molecule is Cc1ccnc(-c2ccc(Cl)c(Cl)c2)n1. The van der Waals surface area contributed by atoms with Crippen LogP contribution in [0.1, 0.15) is 5.69 Å². The molecule has 0 aliphatic carbocycles. The van der Waals surface area contributed by atoms with Gasteiger partial charge < -0.3 is 0 Å². The quantitative estimate of drug-likeness (QED) is 0.757. The summed E-state index contributed by atoms with van der Waals surface area (Å²) in [7, 11) is 0. The third-order valence-corrected chi connectivity index (χ3v) is 2.71. The van der Waals surface area contributed by atoms with E-state index in [0.717, 1.165) is 11.3 Å². The van der Waals surface area contributed by atoms with Gasteiger partial charge in [-0.25, -0.2) is 9.97 Å². The van der Waals surface area contributed by atoms with Gasteiger partial charge in [-0.3, -0.25) is 0 Å². The van der Waals surface area contributed by atoms with E-state index in [-0.39, 0.29) is 0 Å². The van der Waals surface area contributed by atoms with Gasteiger partial charge in [0.1, 0.15) is 0 Å². The van der Waals surface area contributed by atoms with Crippen molar-refractivity contribution in [1.82, 2.24) is 9.97 Å². The van der Waals surface area contributed by atoms with Crippen LogP contribution in [0.25, 0.3) is 11.4 Å². The van der Waals surface area contributed by atoms with Crippen LogP contribution in [0.3, 0.4) is 0 Å². The molecule has 0 spiro atoms. The number of hydrogen-bond acceptors (Lipinski definition) is 2. The fourth-order valence-corrected chi connectivity index (χ4v) is 1.52. The van der Waals surface area contributed by atoms with Crippen molar-refractivity contribution in [3.05, 3.63) is 46.2 Å². The Balaban J connectivity index is 2.50. The van der Waals surface area contributed by atoms with Crippen molar-refractivity contribution in [2.24, 2.45) is 0 Å². The minimum atomic E-state index is 0.513. The molecule has 0 bridgehead atoms. The van der Waals surface area contributed by atoms with Crippen molar-refractivity contribution < 1.29 is 0 Å². The van der Waals surface area contributed by atoms with E-state index in [1.165, 1.54) is 0 Å². The van der Waals surface area contributed by atoms with Crippen molar-refractivity contribution >= 4 is 23.2 Å². The maximum atomic E-state index is 5.92. The number of halogens is 2. The number of aromatic nitrogens is 2. The van der Waals surface area contributed by atoms with E-state index in [9.17, 15) is 0 Å². The number of benzene rings is 1. The van der Waals surface area contributed by atoms with Gasteiger partial charge in [0, 0.05) is 17.5 Å². The third kappa shape index (κ3) is 2.28. The van der Waals surface area contributed by atoms with E-state index in [1.54, 1.807) is 18.3 Å². The van der Waals surface area contributed by atoms with Gasteiger partial charge in [0.2, 0.25) is 0 Å². The highest BCUT2D eigenvalue weighted by Gasteiger charge is 2.04. The predicted molar refractivity (Wildman–Crippen MR) is 62.2 cm³/mol. The Hall–Kier alpha value is -1.12. The number of hydrogen-bond donors (Lipinski definition) is 0. The van der Waals surface area contributed by atoms with Gasteiger partial charge in [0.15, 0.2) is 5.82 Å². The van der Waals surface area contributed by atoms with Gasteiger partial charge >= 0.3 is 0 Å². The second kappa shape index (κ2) is 4.17. The predicted octanol–water partition coefficient (Wildman–Crippen LogP) is 3.76. The summed E-state index contributed by atoms with van der Waals surface area (Å²) in [5.74, 6) is 0.661. The first-order chi connectivity index (χ1) is 7.16. The van der Waals surface area contributed by atoms with Crippen LogP contribution < -0.4 is 0 Å². The Morgan fingerprint density at radius 1 is 1.07 bits per heavy atom. The molecular weight excluding hydrogens is 231 g/mol. The largest absolute Gasteiger partial charge is 0.237 e. The molecule has 76 valence electrons. The summed E-state index contributed by atoms with van der Waals surface area (Å²) in [5, 5.41) is 1.05. The van der Waals surface area contributed by atoms with Crippen LogP contribution in [-0.4, -0.2) is 9.97 Å². The molecule has 15 heavy (non-hydrogen) atoms. The molecule has 2 nitrogen and oxygen atoms in total. The van der Waals surface area contributed by atoms with Crippen LogP contribution in [0, 0.1) is 6.92 Å². The third-order valence-electron chi connectivity index (χ3n) is 1.97. The molecule has 0 saturated carbocycles. The van der Waals surface area contributed by atoms with Crippen LogP contribution >= 0.6 is 23.2 Å². The van der Waals surface area contributed by atoms with Crippen LogP contribution in [0.2, 0.25) is 10.0 Å². The van der Waals surface area contributed by atoms with E-state index in [4.69, 9.17) is 23.2 Å². The molecule has 1 heterocycles. The molecule has 0 aliphatic heterocycles. The monoisotopic (exact) mass is 238 g/mol. The Morgan fingerprint density at radius 2 is 1.87 bits per heavy atom. The summed E-state index contributed by atoms with van der Waals surface area (Å²) in [4.78, 5) is 8.47. The van der Waals surface area contributed by atoms with Gasteiger partial charge in [-0.2, -0.15) is 0 Å². The molecule has 1 aromatic heterocycles. The van der Waals surface area contributed by atoms with Crippen LogP contribution in [-0.2, 0) is 0 Å². The number of rotatable bonds is 1. The summed E-state index contributed by atoms with van der Waals surface area (Å²) in [5.41, 5.74) is 1.79. The Morgan fingerprint density at radius 3 is 2.53 bits per heavy atom. The highest BCUT2D eigenvalue weighted by Crippen LogP contribution is 2.26. The zero-order valence-electron chi connectivity index (χ0n) is 8.04. The van der Waals surface area contributed by atoms with E-state index in [0.29, 0.717) is 15.9 Å². The summed E-state index contributed by atoms with van der Waals surface area (Å²) in [6.07, 6.45) is 1.72. The standard InChI is InChI=1S/C11H8Cl2N2/c1-7-4-5-14-11(15-7)8-2-3-9(12)10(13)6-8/h2-6H,1H3. The molecule has 2 rings (SSSR count). The molecule has 4 heteroatoms. The van der Waals surface area contributed by atoms with Gasteiger partial charge in [-0.15, -0.1) is 0 Å². The zero-order valence-corrected chi connectivity index (χ0v) is 9.55. The van der Waals surface area contributed by atoms with Crippen LogP contribution in [0.15, 0.2) is 30.5 Å². The van der Waals surface area contributed by atoms with E-state index in [2.05, 4.69) is 9.97 Å². The lowest BCUT2D eigenvalue weighted by Gasteiger charge is -2.02. The van der Waals surface area contributed by atoms with Gasteiger partial charge in [0.05, 0.1) is 10.0 Å². The lowest BCUT2D eigenvalue weighted by Crippen LogP contribution is -1.90. The Labute approximate surface area is 97.9 Å². The molecule has 0 aliphatic rings. The molecule has 0 radical (unpaired) electrons. The lowest BCUT2D eigenvalue weighted by atomic mass is 10.2. The smallest absolute Gasteiger partial charge is 0.159 e. The molecule has 0 fully saturated rings. The minimum absolute atomic E-state index is 0.513. The van der Waals surface area contributed by atoms with Crippen molar-refractivity contribution in [2.45, 2.75) is 6.92 Å². The second-order valence-corrected chi connectivity index (χ2v) is 3.96. The van der Waals surface area contributed by atoms with Crippen molar-refractivity contribution in [1.29, 1.82) is 0 Å². The maximum Gasteiger partial charge on any atom is 0.159 e. The fraction of sp³-hybridized carbons (Fsp3) is 0.0909. The number of aryl methyl sites for hydroxylation is 1. The minimum Gasteiger partial charge on any atom is -0.237 e. The van der Waals surface area contributed by atoms with Crippen LogP contribution in [0.5, 0.6) is 0 Å². The average Bonchev–Trinajstić information content (AvgIpc) is 2.22. The van der Waals surface area contributed by atoms with Crippen molar-refractivity contribution in [3.8, 4) is 11.4 Å². The molecule has 0 saturated heterocycles. The number of nitrogens with zero attached hydrogens (tertiary/aromatic N) is 2. The average molecular weight is 239 g/mol. The fourth-order valence-electron chi connectivity index (χ4n) is 1.22. The van der Waals surface area contributed by atoms with E-state index in [1.807, 2.05) is 19.1 Å². The molecule has 2 aromatic rings. The molecular formula is C11H8Cl2N2. The molecule has 0 N–H and O–H groups in total. The summed E-state index contributed by atoms with van der Waals surface area (Å²) >= 11 is 11.7. The van der Waals surface area contributed by atoms with E-state index < -0.39 is 0 Å². The van der Waals surface area contributed by atoms with E-state index >= 15 is 0 Å². The first-order valence-electron chi connectivity index (χ1n) is 4.42. The second-order valence-electron chi connectivity index (χ2n) is 3.15. The highest BCUT2D eigenvalue weighted by atomic mass is 35.5. The maximum absolute atomic E-state index is 5.92. The molecule has 0 amide bonds. The zero-order chi connectivity index (χ0) is 10.8. The normalized spacial score (nSPS) is 10.3. The van der Waals surface area contributed by atoms with Crippen molar-refractivity contribution in [2.75, 3.05) is 0 Å². The van der Waals surface area contributed by atoms with Gasteiger partial charge in [-0.1, -0.05) is 23.2 Å². The van der Waals surface area contributed by atoms with Crippen molar-refractivity contribution in [3.63, 3.8) is 0 Å². The van der Waals surface area contributed by atoms with Gasteiger partial charge in [-0.05, 0) is 31.2 Å². The molecule has 0 unspecified atom stereocenters. The molecule has 1 aromatic carbocycles. The summed E-state index contributed by atoms with van der Waals surface area (Å²) in [6, 6.07) is 7.20. The first kappa shape index (κ1) is 10.4. The Bertz CT molecular complexity index is 498. The topological polar surface area (TPSA) is 25.8 Å². The summed E-state index contributed by atoms with van der Waals surface area (Å²) in [6.45, 7) is 1.92. The molecule has 0 atom stereocenters. The Kier molecular flexibility index (Phi) is 2.89. The highest BCUT2D eigenvalue weighted by molar-refractivity contribution is 6.42. The summed E-state index contributed by atoms with van der Waals surface area (Å²) < 4.78 is 0. The first-order valence-corrected chi connectivity index (χ1v) is 5.17. The van der Waals surface area contributed by atoms with Crippen LogP contribution in [0.4, 0.5) is 0 Å².